The van der Waals surface area contributed by atoms with Gasteiger partial charge < -0.3 is 21.3 Å². The number of nitrogens with two attached hydrogens (primary N) is 1. The Morgan fingerprint density at radius 3 is 2.72 bits per heavy atom. The second-order valence-electron chi connectivity index (χ2n) is 7.18. The van der Waals surface area contributed by atoms with E-state index < -0.39 is 5.91 Å². The molecule has 1 aliphatic heterocycles. The number of nitrogens with zero attached hydrogens (tertiary/aromatic N) is 7. The molecule has 3 aromatic rings. The Morgan fingerprint density at radius 1 is 1.22 bits per heavy atom. The molecule has 1 aromatic carbocycles. The van der Waals surface area contributed by atoms with Crippen molar-refractivity contribution in [3.63, 3.8) is 0 Å². The molecule has 0 saturated carbocycles. The molecule has 12 heteroatoms. The van der Waals surface area contributed by atoms with Crippen LogP contribution in [0.2, 0.25) is 0 Å². The van der Waals surface area contributed by atoms with Gasteiger partial charge >= 0.3 is 0 Å². The first-order valence-electron chi connectivity index (χ1n) is 9.98. The predicted octanol–water partition coefficient (Wildman–Crippen LogP) is 0.884. The molecule has 0 radical (unpaired) electrons. The number of piperidine rings is 1. The van der Waals surface area contributed by atoms with Crippen LogP contribution < -0.4 is 16.4 Å². The third kappa shape index (κ3) is 4.69. The highest BCUT2D eigenvalue weighted by molar-refractivity contribution is 5.96. The van der Waals surface area contributed by atoms with E-state index in [9.17, 15) is 9.59 Å². The Balaban J connectivity index is 1.51. The highest BCUT2D eigenvalue weighted by atomic mass is 16.2. The third-order valence-electron chi connectivity index (χ3n) is 4.97. The van der Waals surface area contributed by atoms with Crippen molar-refractivity contribution in [2.24, 2.45) is 5.73 Å². The summed E-state index contributed by atoms with van der Waals surface area (Å²) in [5, 5.41) is 18.2. The van der Waals surface area contributed by atoms with Crippen molar-refractivity contribution in [2.75, 3.05) is 23.7 Å². The molecule has 1 saturated heterocycles. The lowest BCUT2D eigenvalue weighted by atomic mass is 10.1. The van der Waals surface area contributed by atoms with Crippen molar-refractivity contribution in [3.8, 4) is 5.69 Å². The zero-order valence-corrected chi connectivity index (χ0v) is 17.2. The van der Waals surface area contributed by atoms with Gasteiger partial charge in [0, 0.05) is 24.8 Å². The predicted molar refractivity (Wildman–Crippen MR) is 116 cm³/mol. The van der Waals surface area contributed by atoms with Crippen LogP contribution in [-0.2, 0) is 4.79 Å². The number of benzene rings is 1. The van der Waals surface area contributed by atoms with Crippen LogP contribution in [0.1, 0.15) is 23.3 Å². The topological polar surface area (TPSA) is 157 Å². The lowest BCUT2D eigenvalue weighted by Gasteiger charge is -2.32. The summed E-state index contributed by atoms with van der Waals surface area (Å²) in [6, 6.07) is 7.22. The van der Waals surface area contributed by atoms with Crippen molar-refractivity contribution in [3.05, 3.63) is 55.3 Å². The number of hydrogen-bond acceptors (Lipinski definition) is 9. The highest BCUT2D eigenvalue weighted by Crippen LogP contribution is 2.21. The minimum Gasteiger partial charge on any atom is -0.364 e. The van der Waals surface area contributed by atoms with Crippen LogP contribution in [0.15, 0.2) is 49.6 Å². The van der Waals surface area contributed by atoms with Crippen LogP contribution in [0.3, 0.4) is 0 Å². The Labute approximate surface area is 183 Å². The minimum atomic E-state index is -0.751. The SMILES string of the molecule is C=CC(=O)N1CCC[C@@H](Nc2nnc(C(N)=O)c(Nc3ccc(-n4cncn4)cc3)n2)C1. The van der Waals surface area contributed by atoms with Gasteiger partial charge in [0.1, 0.15) is 12.7 Å². The van der Waals surface area contributed by atoms with E-state index in [0.717, 1.165) is 18.5 Å². The summed E-state index contributed by atoms with van der Waals surface area (Å²) in [4.78, 5) is 33.8. The van der Waals surface area contributed by atoms with E-state index in [1.807, 2.05) is 12.1 Å². The molecule has 32 heavy (non-hydrogen) atoms. The average Bonchev–Trinajstić information content (AvgIpc) is 3.34. The standard InChI is InChI=1S/C20H22N10O2/c1-2-16(31)29-9-3-4-14(10-29)25-20-26-19(17(18(21)32)27-28-20)24-13-5-7-15(8-6-13)30-12-22-11-23-30/h2,5-8,11-12,14H,1,3-4,9-10H2,(H2,21,32)(H2,24,25,26,28)/t14-/m1/s1. The Bertz CT molecular complexity index is 1110. The van der Waals surface area contributed by atoms with Crippen molar-refractivity contribution in [2.45, 2.75) is 18.9 Å². The van der Waals surface area contributed by atoms with Crippen LogP contribution >= 0.6 is 0 Å². The second kappa shape index (κ2) is 9.20. The molecule has 164 valence electrons. The molecular formula is C20H22N10O2. The van der Waals surface area contributed by atoms with Crippen LogP contribution in [0.5, 0.6) is 0 Å². The molecule has 12 nitrogen and oxygen atoms in total. The summed E-state index contributed by atoms with van der Waals surface area (Å²) in [5.41, 5.74) is 6.85. The molecule has 1 fully saturated rings. The second-order valence-corrected chi connectivity index (χ2v) is 7.18. The number of nitrogens with one attached hydrogen (secondary N) is 2. The monoisotopic (exact) mass is 434 g/mol. The molecule has 2 amide bonds. The molecule has 1 atom stereocenters. The number of primary amides is 1. The summed E-state index contributed by atoms with van der Waals surface area (Å²) >= 11 is 0. The van der Waals surface area contributed by atoms with Crippen molar-refractivity contribution in [1.82, 2.24) is 34.8 Å². The Kier molecular flexibility index (Phi) is 6.01. The smallest absolute Gasteiger partial charge is 0.273 e. The fourth-order valence-corrected chi connectivity index (χ4v) is 3.42. The van der Waals surface area contributed by atoms with Gasteiger partial charge in [-0.1, -0.05) is 6.58 Å². The summed E-state index contributed by atoms with van der Waals surface area (Å²) < 4.78 is 1.62. The normalized spacial score (nSPS) is 15.8. The maximum Gasteiger partial charge on any atom is 0.273 e. The van der Waals surface area contributed by atoms with Gasteiger partial charge in [0.25, 0.3) is 5.91 Å². The minimum absolute atomic E-state index is 0.0521. The van der Waals surface area contributed by atoms with Gasteiger partial charge in [0.05, 0.1) is 5.69 Å². The number of hydrogen-bond donors (Lipinski definition) is 3. The number of aromatic nitrogens is 6. The first kappa shape index (κ1) is 20.9. The third-order valence-corrected chi connectivity index (χ3v) is 4.97. The zero-order valence-electron chi connectivity index (χ0n) is 17.2. The van der Waals surface area contributed by atoms with Crippen LogP contribution in [0.4, 0.5) is 17.5 Å². The van der Waals surface area contributed by atoms with Gasteiger partial charge in [-0.25, -0.2) is 9.67 Å². The zero-order chi connectivity index (χ0) is 22.5. The van der Waals surface area contributed by atoms with Crippen LogP contribution in [-0.4, -0.2) is 65.8 Å². The molecule has 0 unspecified atom stereocenters. The number of carbonyl (C=O) groups is 2. The molecular weight excluding hydrogens is 412 g/mol. The van der Waals surface area contributed by atoms with Crippen LogP contribution in [0, 0.1) is 0 Å². The van der Waals surface area contributed by atoms with Gasteiger partial charge in [0.2, 0.25) is 11.9 Å². The Hall–Kier alpha value is -4.35. The quantitative estimate of drug-likeness (QED) is 0.459. The van der Waals surface area contributed by atoms with E-state index in [-0.39, 0.29) is 29.4 Å². The number of carbonyl (C=O) groups excluding carboxylic acids is 2. The molecule has 3 heterocycles. The average molecular weight is 434 g/mol. The number of rotatable bonds is 7. The summed E-state index contributed by atoms with van der Waals surface area (Å²) in [5.74, 6) is -0.456. The van der Waals surface area contributed by atoms with E-state index in [0.29, 0.717) is 18.8 Å². The lowest BCUT2D eigenvalue weighted by molar-refractivity contribution is -0.127. The van der Waals surface area contributed by atoms with E-state index >= 15 is 0 Å². The van der Waals surface area contributed by atoms with Gasteiger partial charge in [-0.2, -0.15) is 10.1 Å². The highest BCUT2D eigenvalue weighted by Gasteiger charge is 2.23. The maximum absolute atomic E-state index is 11.9. The number of likely N-dealkylation sites (tertiary alicyclic amines) is 1. The van der Waals surface area contributed by atoms with Gasteiger partial charge in [-0.15, -0.1) is 10.2 Å². The molecule has 4 rings (SSSR count). The van der Waals surface area contributed by atoms with Crippen molar-refractivity contribution < 1.29 is 9.59 Å². The molecule has 1 aliphatic rings. The van der Waals surface area contributed by atoms with Gasteiger partial charge in [-0.3, -0.25) is 9.59 Å². The first-order chi connectivity index (χ1) is 15.5. The number of anilines is 3. The largest absolute Gasteiger partial charge is 0.364 e. The summed E-state index contributed by atoms with van der Waals surface area (Å²) in [7, 11) is 0. The molecule has 4 N–H and O–H groups in total. The Morgan fingerprint density at radius 2 is 2.03 bits per heavy atom. The fraction of sp³-hybridized carbons (Fsp3) is 0.250. The van der Waals surface area contributed by atoms with E-state index in [2.05, 4.69) is 42.5 Å². The molecule has 0 spiro atoms. The van der Waals surface area contributed by atoms with Gasteiger partial charge in [-0.05, 0) is 43.2 Å². The van der Waals surface area contributed by atoms with Crippen molar-refractivity contribution in [1.29, 1.82) is 0 Å². The lowest BCUT2D eigenvalue weighted by Crippen LogP contribution is -2.44. The molecule has 0 aliphatic carbocycles. The van der Waals surface area contributed by atoms with Crippen molar-refractivity contribution >= 4 is 29.3 Å². The van der Waals surface area contributed by atoms with E-state index in [4.69, 9.17) is 5.73 Å². The molecule has 0 bridgehead atoms. The van der Waals surface area contributed by atoms with E-state index in [1.165, 1.54) is 12.4 Å². The van der Waals surface area contributed by atoms with Gasteiger partial charge in [0.15, 0.2) is 11.5 Å². The van der Waals surface area contributed by atoms with E-state index in [1.54, 1.807) is 28.0 Å². The maximum atomic E-state index is 11.9. The van der Waals surface area contributed by atoms with Crippen LogP contribution in [0.25, 0.3) is 5.69 Å². The number of amides is 2. The molecule has 2 aromatic heterocycles. The summed E-state index contributed by atoms with van der Waals surface area (Å²) in [6.07, 6.45) is 6.03. The first-order valence-corrected chi connectivity index (χ1v) is 9.98. The summed E-state index contributed by atoms with van der Waals surface area (Å²) in [6.45, 7) is 4.72. The fourth-order valence-electron chi connectivity index (χ4n) is 3.42.